The Hall–Kier alpha value is -3.43. The zero-order valence-electron chi connectivity index (χ0n) is 22.8. The highest BCUT2D eigenvalue weighted by Gasteiger charge is 2.32. The number of carbonyl (C=O) groups is 1. The molecule has 1 fully saturated rings. The molecule has 4 aromatic rings. The van der Waals surface area contributed by atoms with Crippen LogP contribution in [0.25, 0.3) is 11.3 Å². The number of aliphatic hydroxyl groups excluding tert-OH is 1. The first-order chi connectivity index (χ1) is 19.9. The van der Waals surface area contributed by atoms with Crippen LogP contribution in [0.5, 0.6) is 0 Å². The summed E-state index contributed by atoms with van der Waals surface area (Å²) in [5.74, 6) is 0.801. The van der Waals surface area contributed by atoms with Gasteiger partial charge in [-0.3, -0.25) is 4.79 Å². The molecule has 2 aromatic heterocycles. The number of anilines is 2. The molecule has 0 radical (unpaired) electrons. The molecule has 3 N–H and O–H groups in total. The molecule has 2 aliphatic rings. The van der Waals surface area contributed by atoms with Crippen molar-refractivity contribution in [3.05, 3.63) is 93.4 Å². The molecule has 4 heterocycles. The molecule has 212 valence electrons. The highest BCUT2D eigenvalue weighted by atomic mass is 35.5. The number of fused-ring (bicyclic) bond motifs is 1. The minimum Gasteiger partial charge on any atom is -0.394 e. The SMILES string of the molecule is Cc1cnc(Nc2ccc(C3CCNCC3)cc2Cl)nc1-c1cc2n(c1)CCN([C@H](CO)c1cccc(Cl)c1)C2=O. The van der Waals surface area contributed by atoms with Gasteiger partial charge in [-0.15, -0.1) is 0 Å². The lowest BCUT2D eigenvalue weighted by atomic mass is 9.90. The lowest BCUT2D eigenvalue weighted by Crippen LogP contribution is -2.43. The summed E-state index contributed by atoms with van der Waals surface area (Å²) in [4.78, 5) is 24.6. The Morgan fingerprint density at radius 1 is 1.12 bits per heavy atom. The Kier molecular flexibility index (Phi) is 7.99. The monoisotopic (exact) mass is 590 g/mol. The molecule has 1 saturated heterocycles. The standard InChI is InChI=1S/C31H32Cl2N6O2/c1-19-16-35-31(36-26-6-5-21(14-25(26)33)20-7-9-34-10-8-20)37-29(19)23-15-27-30(41)39(12-11-38(27)17-23)28(18-40)22-3-2-4-24(32)13-22/h2-6,13-17,20,28,34,40H,7-12,18H2,1H3,(H,35,36,37)/t28-/m1/s1. The molecule has 10 heteroatoms. The number of aliphatic hydroxyl groups is 1. The van der Waals surface area contributed by atoms with Crippen molar-refractivity contribution >= 4 is 40.7 Å². The molecule has 6 rings (SSSR count). The van der Waals surface area contributed by atoms with E-state index in [1.54, 1.807) is 23.2 Å². The van der Waals surface area contributed by atoms with Gasteiger partial charge in [-0.25, -0.2) is 9.97 Å². The third-order valence-corrected chi connectivity index (χ3v) is 8.58. The van der Waals surface area contributed by atoms with Crippen LogP contribution in [-0.2, 0) is 6.54 Å². The maximum Gasteiger partial charge on any atom is 0.271 e. The lowest BCUT2D eigenvalue weighted by Gasteiger charge is -2.34. The Morgan fingerprint density at radius 3 is 2.71 bits per heavy atom. The van der Waals surface area contributed by atoms with Gasteiger partial charge in [-0.05, 0) is 85.8 Å². The topological polar surface area (TPSA) is 95.3 Å². The smallest absolute Gasteiger partial charge is 0.271 e. The number of aromatic nitrogens is 3. The van der Waals surface area contributed by atoms with Crippen molar-refractivity contribution in [2.24, 2.45) is 0 Å². The van der Waals surface area contributed by atoms with E-state index in [0.29, 0.717) is 40.7 Å². The number of hydrogen-bond acceptors (Lipinski definition) is 6. The average Bonchev–Trinajstić information content (AvgIpc) is 3.42. The van der Waals surface area contributed by atoms with Crippen LogP contribution in [0.1, 0.15) is 52.0 Å². The van der Waals surface area contributed by atoms with Crippen LogP contribution in [0.3, 0.4) is 0 Å². The van der Waals surface area contributed by atoms with Crippen molar-refractivity contribution in [2.75, 3.05) is 31.6 Å². The minimum absolute atomic E-state index is 0.146. The molecule has 0 spiro atoms. The molecule has 1 atom stereocenters. The summed E-state index contributed by atoms with van der Waals surface area (Å²) >= 11 is 12.9. The summed E-state index contributed by atoms with van der Waals surface area (Å²) in [6, 6.07) is 14.8. The molecule has 0 aliphatic carbocycles. The number of amides is 1. The first-order valence-electron chi connectivity index (χ1n) is 13.9. The molecule has 0 unspecified atom stereocenters. The van der Waals surface area contributed by atoms with Gasteiger partial charge in [-0.1, -0.05) is 41.4 Å². The van der Waals surface area contributed by atoms with Gasteiger partial charge >= 0.3 is 0 Å². The zero-order chi connectivity index (χ0) is 28.5. The third-order valence-electron chi connectivity index (χ3n) is 8.04. The Bertz CT molecular complexity index is 1580. The number of carbonyl (C=O) groups excluding carboxylic acids is 1. The van der Waals surface area contributed by atoms with E-state index in [9.17, 15) is 9.90 Å². The van der Waals surface area contributed by atoms with E-state index in [1.165, 1.54) is 5.56 Å². The van der Waals surface area contributed by atoms with Gasteiger partial charge in [0, 0.05) is 36.1 Å². The molecule has 0 bridgehead atoms. The number of hydrogen-bond donors (Lipinski definition) is 3. The second-order valence-corrected chi connectivity index (χ2v) is 11.5. The minimum atomic E-state index is -0.476. The third kappa shape index (κ3) is 5.70. The van der Waals surface area contributed by atoms with Gasteiger partial charge in [-0.2, -0.15) is 0 Å². The van der Waals surface area contributed by atoms with Gasteiger partial charge in [0.05, 0.1) is 29.1 Å². The van der Waals surface area contributed by atoms with Gasteiger partial charge in [0.15, 0.2) is 0 Å². The highest BCUT2D eigenvalue weighted by molar-refractivity contribution is 6.33. The fourth-order valence-corrected chi connectivity index (χ4v) is 6.26. The van der Waals surface area contributed by atoms with E-state index in [2.05, 4.69) is 21.7 Å². The van der Waals surface area contributed by atoms with Gasteiger partial charge in [0.1, 0.15) is 5.69 Å². The van der Waals surface area contributed by atoms with E-state index in [0.717, 1.165) is 54.0 Å². The van der Waals surface area contributed by atoms with Gasteiger partial charge in [0.2, 0.25) is 5.95 Å². The quantitative estimate of drug-likeness (QED) is 0.246. The Labute approximate surface area is 249 Å². The summed E-state index contributed by atoms with van der Waals surface area (Å²) in [5.41, 5.74) is 5.81. The maximum atomic E-state index is 13.6. The van der Waals surface area contributed by atoms with Crippen LogP contribution in [0.2, 0.25) is 10.0 Å². The fraction of sp³-hybridized carbons (Fsp3) is 0.323. The predicted molar refractivity (Wildman–Crippen MR) is 162 cm³/mol. The van der Waals surface area contributed by atoms with Crippen molar-refractivity contribution in [2.45, 2.75) is 38.3 Å². The maximum absolute atomic E-state index is 13.6. The number of benzene rings is 2. The van der Waals surface area contributed by atoms with E-state index in [4.69, 9.17) is 28.2 Å². The number of halogens is 2. The van der Waals surface area contributed by atoms with Crippen molar-refractivity contribution in [1.29, 1.82) is 0 Å². The number of nitrogens with one attached hydrogen (secondary N) is 2. The molecular formula is C31H32Cl2N6O2. The van der Waals surface area contributed by atoms with Crippen molar-refractivity contribution in [1.82, 2.24) is 24.8 Å². The molecule has 2 aliphatic heterocycles. The van der Waals surface area contributed by atoms with Crippen LogP contribution in [0, 0.1) is 6.92 Å². The second-order valence-electron chi connectivity index (χ2n) is 10.7. The molecule has 8 nitrogen and oxygen atoms in total. The van der Waals surface area contributed by atoms with Crippen LogP contribution >= 0.6 is 23.2 Å². The van der Waals surface area contributed by atoms with Crippen LogP contribution in [-0.4, -0.2) is 56.7 Å². The molecule has 0 saturated carbocycles. The molecule has 1 amide bonds. The fourth-order valence-electron chi connectivity index (χ4n) is 5.82. The van der Waals surface area contributed by atoms with Crippen LogP contribution in [0.4, 0.5) is 11.6 Å². The number of rotatable bonds is 7. The van der Waals surface area contributed by atoms with Gasteiger partial charge < -0.3 is 25.2 Å². The summed E-state index contributed by atoms with van der Waals surface area (Å²) in [7, 11) is 0. The zero-order valence-corrected chi connectivity index (χ0v) is 24.3. The lowest BCUT2D eigenvalue weighted by molar-refractivity contribution is 0.0526. The summed E-state index contributed by atoms with van der Waals surface area (Å²) in [5, 5.41) is 18.1. The second kappa shape index (κ2) is 11.8. The molecule has 41 heavy (non-hydrogen) atoms. The van der Waals surface area contributed by atoms with Crippen molar-refractivity contribution in [3.8, 4) is 11.3 Å². The van der Waals surface area contributed by atoms with Crippen molar-refractivity contribution in [3.63, 3.8) is 0 Å². The largest absolute Gasteiger partial charge is 0.394 e. The van der Waals surface area contributed by atoms with Crippen molar-refractivity contribution < 1.29 is 9.90 Å². The molecular weight excluding hydrogens is 559 g/mol. The summed E-state index contributed by atoms with van der Waals surface area (Å²) in [6.45, 7) is 4.89. The first kappa shape index (κ1) is 27.7. The van der Waals surface area contributed by atoms with E-state index in [-0.39, 0.29) is 12.5 Å². The van der Waals surface area contributed by atoms with E-state index in [1.807, 2.05) is 48.0 Å². The molecule has 2 aromatic carbocycles. The van der Waals surface area contributed by atoms with Crippen LogP contribution in [0.15, 0.2) is 60.9 Å². The highest BCUT2D eigenvalue weighted by Crippen LogP contribution is 2.34. The van der Waals surface area contributed by atoms with E-state index < -0.39 is 6.04 Å². The average molecular weight is 592 g/mol. The predicted octanol–water partition coefficient (Wildman–Crippen LogP) is 5.96. The Balaban J connectivity index is 1.23. The summed E-state index contributed by atoms with van der Waals surface area (Å²) < 4.78 is 1.95. The first-order valence-corrected chi connectivity index (χ1v) is 14.7. The van der Waals surface area contributed by atoms with E-state index >= 15 is 0 Å². The number of aryl methyl sites for hydroxylation is 1. The summed E-state index contributed by atoms with van der Waals surface area (Å²) in [6.07, 6.45) is 5.94. The van der Waals surface area contributed by atoms with Crippen LogP contribution < -0.4 is 10.6 Å². The Morgan fingerprint density at radius 2 is 1.95 bits per heavy atom. The number of nitrogens with zero attached hydrogens (tertiary/aromatic N) is 4. The number of piperidine rings is 1. The van der Waals surface area contributed by atoms with Gasteiger partial charge in [0.25, 0.3) is 5.91 Å². The normalized spacial score (nSPS) is 16.5.